The largest absolute Gasteiger partial charge is 0.479 e. The van der Waals surface area contributed by atoms with Crippen molar-refractivity contribution in [2.24, 2.45) is 0 Å². The van der Waals surface area contributed by atoms with Gasteiger partial charge in [-0.05, 0) is 6.42 Å². The molecule has 0 rings (SSSR count). The number of carbonyl (C=O) groups is 3. The summed E-state index contributed by atoms with van der Waals surface area (Å²) in [6.07, 6.45) is -0.0558. The predicted molar refractivity (Wildman–Crippen MR) is 94.6 cm³/mol. The molecule has 27 heavy (non-hydrogen) atoms. The van der Waals surface area contributed by atoms with Crippen molar-refractivity contribution in [3.63, 3.8) is 0 Å². The molecule has 5 N–H and O–H groups in total. The molecule has 0 heterocycles. The summed E-state index contributed by atoms with van der Waals surface area (Å²) in [4.78, 5) is 33.6. The van der Waals surface area contributed by atoms with Gasteiger partial charge in [0, 0.05) is 6.42 Å². The van der Waals surface area contributed by atoms with Gasteiger partial charge in [-0.25, -0.2) is 9.59 Å². The molecule has 0 aromatic rings. The zero-order chi connectivity index (χ0) is 20.8. The molecule has 0 spiro atoms. The number of aliphatic carboxylic acids is 1. The minimum atomic E-state index is -2.40. The molecular formula is C18H32O9. The molecule has 4 unspecified atom stereocenters. The van der Waals surface area contributed by atoms with Crippen LogP contribution in [0.3, 0.4) is 0 Å². The molecule has 9 heteroatoms. The lowest BCUT2D eigenvalue weighted by atomic mass is 10.0. The Bertz CT molecular complexity index is 452. The van der Waals surface area contributed by atoms with Crippen LogP contribution in [0.4, 0.5) is 0 Å². The van der Waals surface area contributed by atoms with Crippen molar-refractivity contribution >= 4 is 17.9 Å². The number of rotatable bonds is 15. The van der Waals surface area contributed by atoms with Crippen LogP contribution in [0.25, 0.3) is 0 Å². The summed E-state index contributed by atoms with van der Waals surface area (Å²) < 4.78 is 4.37. The highest BCUT2D eigenvalue weighted by atomic mass is 16.6. The molecule has 0 aromatic carbocycles. The maximum Gasteiger partial charge on any atom is 0.345 e. The van der Waals surface area contributed by atoms with Gasteiger partial charge in [0.1, 0.15) is 12.2 Å². The summed E-state index contributed by atoms with van der Waals surface area (Å²) in [5, 5.41) is 46.0. The topological polar surface area (TPSA) is 162 Å². The molecule has 0 bridgehead atoms. The number of hydrogen-bond acceptors (Lipinski definition) is 8. The molecule has 0 aliphatic carbocycles. The van der Waals surface area contributed by atoms with E-state index in [-0.39, 0.29) is 6.42 Å². The second-order valence-electron chi connectivity index (χ2n) is 6.58. The fourth-order valence-corrected chi connectivity index (χ4v) is 2.46. The van der Waals surface area contributed by atoms with E-state index in [1.807, 2.05) is 0 Å². The Balaban J connectivity index is 3.99. The molecule has 0 aliphatic rings. The SMILES string of the molecule is CCCCCCCCCCCC(=O)OC(=O)C(O)C(O)C(O)C(O)C(=O)O. The van der Waals surface area contributed by atoms with Crippen LogP contribution in [0.2, 0.25) is 0 Å². The van der Waals surface area contributed by atoms with E-state index in [0.717, 1.165) is 25.7 Å². The van der Waals surface area contributed by atoms with Crippen LogP contribution in [0.15, 0.2) is 0 Å². The molecule has 0 aromatic heterocycles. The van der Waals surface area contributed by atoms with E-state index in [0.29, 0.717) is 6.42 Å². The van der Waals surface area contributed by atoms with Crippen molar-refractivity contribution in [2.45, 2.75) is 95.5 Å². The van der Waals surface area contributed by atoms with Crippen molar-refractivity contribution in [3.8, 4) is 0 Å². The van der Waals surface area contributed by atoms with Crippen molar-refractivity contribution in [1.29, 1.82) is 0 Å². The predicted octanol–water partition coefficient (Wildman–Crippen LogP) is 0.505. The number of unbranched alkanes of at least 4 members (excludes halogenated alkanes) is 8. The monoisotopic (exact) mass is 392 g/mol. The maximum atomic E-state index is 11.6. The van der Waals surface area contributed by atoms with Gasteiger partial charge >= 0.3 is 17.9 Å². The van der Waals surface area contributed by atoms with Crippen LogP contribution in [0.1, 0.15) is 71.1 Å². The van der Waals surface area contributed by atoms with Crippen molar-refractivity contribution in [2.75, 3.05) is 0 Å². The molecule has 4 atom stereocenters. The second kappa shape index (κ2) is 14.5. The van der Waals surface area contributed by atoms with Gasteiger partial charge < -0.3 is 30.3 Å². The number of hydrogen-bond donors (Lipinski definition) is 5. The quantitative estimate of drug-likeness (QED) is 0.152. The Kier molecular flexibility index (Phi) is 13.7. The molecule has 0 amide bonds. The van der Waals surface area contributed by atoms with E-state index in [4.69, 9.17) is 10.2 Å². The lowest BCUT2D eigenvalue weighted by molar-refractivity contribution is -0.180. The molecule has 0 radical (unpaired) electrons. The van der Waals surface area contributed by atoms with Crippen LogP contribution in [0, 0.1) is 0 Å². The van der Waals surface area contributed by atoms with E-state index in [9.17, 15) is 29.7 Å². The first-order valence-electron chi connectivity index (χ1n) is 9.42. The average molecular weight is 392 g/mol. The Morgan fingerprint density at radius 1 is 0.741 bits per heavy atom. The minimum absolute atomic E-state index is 0.0370. The van der Waals surface area contributed by atoms with Crippen molar-refractivity contribution < 1.29 is 44.7 Å². The zero-order valence-electron chi connectivity index (χ0n) is 15.7. The highest BCUT2D eigenvalue weighted by Crippen LogP contribution is 2.12. The van der Waals surface area contributed by atoms with Crippen molar-refractivity contribution in [1.82, 2.24) is 0 Å². The van der Waals surface area contributed by atoms with Gasteiger partial charge in [0.25, 0.3) is 0 Å². The third-order valence-corrected chi connectivity index (χ3v) is 4.19. The average Bonchev–Trinajstić information content (AvgIpc) is 2.63. The number of aliphatic hydroxyl groups excluding tert-OH is 4. The lowest BCUT2D eigenvalue weighted by Gasteiger charge is -2.23. The van der Waals surface area contributed by atoms with Gasteiger partial charge in [0.05, 0.1) is 0 Å². The first kappa shape index (κ1) is 25.4. The van der Waals surface area contributed by atoms with E-state index < -0.39 is 42.3 Å². The number of carboxylic acid groups (broad SMARTS) is 1. The van der Waals surface area contributed by atoms with Crippen LogP contribution in [0.5, 0.6) is 0 Å². The fourth-order valence-electron chi connectivity index (χ4n) is 2.46. The number of aliphatic hydroxyl groups is 4. The summed E-state index contributed by atoms with van der Waals surface area (Å²) in [5.41, 5.74) is 0. The van der Waals surface area contributed by atoms with E-state index >= 15 is 0 Å². The summed E-state index contributed by atoms with van der Waals surface area (Å²) in [6, 6.07) is 0. The Morgan fingerprint density at radius 3 is 1.67 bits per heavy atom. The molecule has 9 nitrogen and oxygen atoms in total. The lowest BCUT2D eigenvalue weighted by Crippen LogP contribution is -2.50. The zero-order valence-corrected chi connectivity index (χ0v) is 15.7. The third kappa shape index (κ3) is 11.0. The van der Waals surface area contributed by atoms with E-state index in [1.165, 1.54) is 25.7 Å². The first-order valence-corrected chi connectivity index (χ1v) is 9.42. The molecule has 0 aliphatic heterocycles. The molecule has 158 valence electrons. The summed E-state index contributed by atoms with van der Waals surface area (Å²) >= 11 is 0. The standard InChI is InChI=1S/C18H32O9/c1-2-3-4-5-6-7-8-9-10-11-12(19)27-18(26)16(23)14(21)13(20)15(22)17(24)25/h13-16,20-23H,2-11H2,1H3,(H,24,25). The van der Waals surface area contributed by atoms with Crippen LogP contribution < -0.4 is 0 Å². The summed E-state index contributed by atoms with van der Waals surface area (Å²) in [5.74, 6) is -4.24. The second-order valence-corrected chi connectivity index (χ2v) is 6.58. The van der Waals surface area contributed by atoms with Gasteiger partial charge in [-0.1, -0.05) is 58.3 Å². The summed E-state index contributed by atoms with van der Waals surface area (Å²) in [7, 11) is 0. The van der Waals surface area contributed by atoms with Crippen LogP contribution >= 0.6 is 0 Å². The Labute approximate surface area is 159 Å². The Morgan fingerprint density at radius 2 is 1.19 bits per heavy atom. The molecular weight excluding hydrogens is 360 g/mol. The maximum absolute atomic E-state index is 11.6. The number of ether oxygens (including phenoxy) is 1. The number of esters is 2. The van der Waals surface area contributed by atoms with Gasteiger partial charge in [0.2, 0.25) is 0 Å². The van der Waals surface area contributed by atoms with Gasteiger partial charge in [-0.2, -0.15) is 0 Å². The minimum Gasteiger partial charge on any atom is -0.479 e. The fraction of sp³-hybridized carbons (Fsp3) is 0.833. The van der Waals surface area contributed by atoms with E-state index in [1.54, 1.807) is 0 Å². The van der Waals surface area contributed by atoms with Gasteiger partial charge in [-0.3, -0.25) is 4.79 Å². The van der Waals surface area contributed by atoms with E-state index in [2.05, 4.69) is 11.7 Å². The van der Waals surface area contributed by atoms with Gasteiger partial charge in [0.15, 0.2) is 12.2 Å². The summed E-state index contributed by atoms with van der Waals surface area (Å²) in [6.45, 7) is 2.16. The number of carbonyl (C=O) groups excluding carboxylic acids is 2. The number of carboxylic acids is 1. The smallest absolute Gasteiger partial charge is 0.345 e. The normalized spacial score (nSPS) is 15.6. The van der Waals surface area contributed by atoms with Crippen molar-refractivity contribution in [3.05, 3.63) is 0 Å². The molecule has 0 saturated heterocycles. The Hall–Kier alpha value is -1.55. The molecule has 0 saturated carbocycles. The third-order valence-electron chi connectivity index (χ3n) is 4.19. The van der Waals surface area contributed by atoms with Crippen LogP contribution in [-0.2, 0) is 19.1 Å². The van der Waals surface area contributed by atoms with Crippen LogP contribution in [-0.4, -0.2) is 67.9 Å². The highest BCUT2D eigenvalue weighted by Gasteiger charge is 2.38. The first-order chi connectivity index (χ1) is 12.7. The van der Waals surface area contributed by atoms with Gasteiger partial charge in [-0.15, -0.1) is 0 Å². The molecule has 0 fully saturated rings. The highest BCUT2D eigenvalue weighted by molar-refractivity contribution is 5.88.